The van der Waals surface area contributed by atoms with Crippen molar-refractivity contribution in [2.75, 3.05) is 13.2 Å². The van der Waals surface area contributed by atoms with Gasteiger partial charge in [0.05, 0.1) is 25.4 Å². The lowest BCUT2D eigenvalue weighted by molar-refractivity contribution is -0.143. The third-order valence-corrected chi connectivity index (χ3v) is 21.3. The van der Waals surface area contributed by atoms with Gasteiger partial charge in [0.2, 0.25) is 5.91 Å². The average Bonchev–Trinajstić information content (AvgIpc) is 2.98. The predicted molar refractivity (Wildman–Crippen MR) is 426 cm³/mol. The number of esters is 1. The van der Waals surface area contributed by atoms with Crippen molar-refractivity contribution >= 4 is 11.9 Å². The van der Waals surface area contributed by atoms with Crippen LogP contribution in [0.15, 0.2) is 24.3 Å². The number of rotatable bonds is 85. The summed E-state index contributed by atoms with van der Waals surface area (Å²) in [5, 5.41) is 23.5. The molecule has 0 aromatic heterocycles. The summed E-state index contributed by atoms with van der Waals surface area (Å²) in [7, 11) is 0. The van der Waals surface area contributed by atoms with Gasteiger partial charge in [-0.15, -0.1) is 0 Å². The Morgan fingerprint density at radius 1 is 0.292 bits per heavy atom. The van der Waals surface area contributed by atoms with Gasteiger partial charge in [0, 0.05) is 12.8 Å². The lowest BCUT2D eigenvalue weighted by Gasteiger charge is -2.22. The number of carbonyl (C=O) groups is 2. The summed E-state index contributed by atoms with van der Waals surface area (Å²) in [4.78, 5) is 24.7. The fourth-order valence-electron chi connectivity index (χ4n) is 14.5. The first-order valence-electron chi connectivity index (χ1n) is 44.6. The van der Waals surface area contributed by atoms with Gasteiger partial charge in [-0.25, -0.2) is 0 Å². The van der Waals surface area contributed by atoms with E-state index in [0.29, 0.717) is 25.9 Å². The highest BCUT2D eigenvalue weighted by molar-refractivity contribution is 5.76. The number of carbonyl (C=O) groups excluding carboxylic acids is 2. The molecule has 2 unspecified atom stereocenters. The number of hydrogen-bond acceptors (Lipinski definition) is 5. The molecule has 0 rings (SSSR count). The summed E-state index contributed by atoms with van der Waals surface area (Å²) < 4.78 is 5.52. The quantitative estimate of drug-likeness (QED) is 0.0320. The first-order valence-corrected chi connectivity index (χ1v) is 44.6. The van der Waals surface area contributed by atoms with Gasteiger partial charge in [-0.3, -0.25) is 9.59 Å². The second-order valence-corrected chi connectivity index (χ2v) is 30.9. The molecule has 0 fully saturated rings. The molecule has 0 aliphatic carbocycles. The molecule has 0 saturated carbocycles. The third kappa shape index (κ3) is 81.3. The molecule has 1 amide bonds. The summed E-state index contributed by atoms with van der Waals surface area (Å²) in [6.07, 6.45) is 112. The Morgan fingerprint density at radius 3 is 0.792 bits per heavy atom. The standard InChI is InChI=1S/C90H175NO5/c1-3-5-7-9-11-13-15-17-19-21-23-24-25-37-40-43-47-50-54-58-62-66-70-74-78-82-88(93)87(86-92)91-89(94)83-79-75-71-67-63-59-55-51-48-44-41-38-35-33-31-29-27-26-28-30-32-34-36-39-42-45-49-53-57-61-65-69-73-77-81-85-96-90(95)84-80-76-72-68-64-60-56-52-46-22-20-18-16-14-12-10-8-6-4-2/h28,30,34,36,87-88,92-93H,3-27,29,31-33,35,37-86H2,1-2H3,(H,91,94)/b30-28-,36-34-. The number of unbranched alkanes of at least 4 members (excludes halogenated alkanes) is 70. The van der Waals surface area contributed by atoms with Gasteiger partial charge in [-0.1, -0.05) is 468 Å². The Kier molecular flexibility index (Phi) is 84.3. The molecule has 0 heterocycles. The molecule has 0 radical (unpaired) electrons. The second kappa shape index (κ2) is 85.8. The van der Waals surface area contributed by atoms with E-state index in [9.17, 15) is 19.8 Å². The minimum absolute atomic E-state index is 0.0230. The highest BCUT2D eigenvalue weighted by Crippen LogP contribution is 2.21. The first kappa shape index (κ1) is 94.3. The molecule has 6 nitrogen and oxygen atoms in total. The molecule has 0 bridgehead atoms. The monoisotopic (exact) mass is 1350 g/mol. The van der Waals surface area contributed by atoms with E-state index in [1.54, 1.807) is 0 Å². The van der Waals surface area contributed by atoms with Crippen molar-refractivity contribution in [3.05, 3.63) is 24.3 Å². The summed E-state index contributed by atoms with van der Waals surface area (Å²) in [6.45, 7) is 5.02. The van der Waals surface area contributed by atoms with Crippen molar-refractivity contribution in [2.24, 2.45) is 0 Å². The Balaban J connectivity index is 3.35. The number of aliphatic hydroxyl groups is 2. The van der Waals surface area contributed by atoms with Gasteiger partial charge in [0.15, 0.2) is 0 Å². The number of hydrogen-bond donors (Lipinski definition) is 3. The van der Waals surface area contributed by atoms with Crippen LogP contribution in [-0.4, -0.2) is 47.4 Å². The van der Waals surface area contributed by atoms with E-state index >= 15 is 0 Å². The van der Waals surface area contributed by atoms with Crippen LogP contribution in [0.5, 0.6) is 0 Å². The van der Waals surface area contributed by atoms with Gasteiger partial charge < -0.3 is 20.3 Å². The van der Waals surface area contributed by atoms with Crippen LogP contribution in [-0.2, 0) is 14.3 Å². The van der Waals surface area contributed by atoms with Crippen molar-refractivity contribution in [3.63, 3.8) is 0 Å². The maximum Gasteiger partial charge on any atom is 0.305 e. The lowest BCUT2D eigenvalue weighted by Crippen LogP contribution is -2.45. The van der Waals surface area contributed by atoms with Crippen molar-refractivity contribution < 1.29 is 24.5 Å². The van der Waals surface area contributed by atoms with Crippen molar-refractivity contribution in [2.45, 2.75) is 527 Å². The third-order valence-electron chi connectivity index (χ3n) is 21.3. The van der Waals surface area contributed by atoms with Crippen LogP contribution in [0.1, 0.15) is 515 Å². The summed E-state index contributed by atoms with van der Waals surface area (Å²) in [6, 6.07) is -0.541. The largest absolute Gasteiger partial charge is 0.466 e. The number of aliphatic hydroxyl groups excluding tert-OH is 2. The van der Waals surface area contributed by atoms with Crippen LogP contribution in [0, 0.1) is 0 Å². The van der Waals surface area contributed by atoms with Gasteiger partial charge in [0.1, 0.15) is 0 Å². The first-order chi connectivity index (χ1) is 47.5. The topological polar surface area (TPSA) is 95.9 Å². The molecule has 6 heteroatoms. The molecule has 0 saturated heterocycles. The molecule has 0 aromatic carbocycles. The van der Waals surface area contributed by atoms with Crippen LogP contribution < -0.4 is 5.32 Å². The fraction of sp³-hybridized carbons (Fsp3) is 0.933. The van der Waals surface area contributed by atoms with Crippen LogP contribution in [0.25, 0.3) is 0 Å². The van der Waals surface area contributed by atoms with E-state index in [1.807, 2.05) is 0 Å². The van der Waals surface area contributed by atoms with Crippen LogP contribution in [0.2, 0.25) is 0 Å². The zero-order chi connectivity index (χ0) is 69.1. The van der Waals surface area contributed by atoms with Gasteiger partial charge in [-0.05, 0) is 57.8 Å². The smallest absolute Gasteiger partial charge is 0.305 e. The minimum atomic E-state index is -0.664. The van der Waals surface area contributed by atoms with Crippen LogP contribution in [0.4, 0.5) is 0 Å². The maximum atomic E-state index is 12.6. The molecule has 0 spiro atoms. The van der Waals surface area contributed by atoms with E-state index in [0.717, 1.165) is 44.9 Å². The minimum Gasteiger partial charge on any atom is -0.466 e. The summed E-state index contributed by atoms with van der Waals surface area (Å²) in [5.41, 5.74) is 0. The number of nitrogens with one attached hydrogen (secondary N) is 1. The zero-order valence-electron chi connectivity index (χ0n) is 65.7. The summed E-state index contributed by atoms with van der Waals surface area (Å²) >= 11 is 0. The predicted octanol–water partition coefficient (Wildman–Crippen LogP) is 29.9. The molecule has 0 aliphatic rings. The van der Waals surface area contributed by atoms with Gasteiger partial charge in [-0.2, -0.15) is 0 Å². The Morgan fingerprint density at radius 2 is 0.521 bits per heavy atom. The molecule has 0 aromatic rings. The maximum absolute atomic E-state index is 12.6. The van der Waals surface area contributed by atoms with E-state index in [1.165, 1.54) is 437 Å². The molecule has 2 atom stereocenters. The number of ether oxygens (including phenoxy) is 1. The average molecular weight is 1350 g/mol. The molecular weight excluding hydrogens is 1170 g/mol. The van der Waals surface area contributed by atoms with Crippen LogP contribution in [0.3, 0.4) is 0 Å². The van der Waals surface area contributed by atoms with Crippen molar-refractivity contribution in [3.8, 4) is 0 Å². The molecule has 3 N–H and O–H groups in total. The zero-order valence-corrected chi connectivity index (χ0v) is 65.7. The molecule has 96 heavy (non-hydrogen) atoms. The van der Waals surface area contributed by atoms with E-state index in [-0.39, 0.29) is 18.5 Å². The van der Waals surface area contributed by atoms with E-state index < -0.39 is 12.1 Å². The lowest BCUT2D eigenvalue weighted by atomic mass is 10.0. The Labute approximate surface area is 602 Å². The van der Waals surface area contributed by atoms with Gasteiger partial charge in [0.25, 0.3) is 0 Å². The fourth-order valence-corrected chi connectivity index (χ4v) is 14.5. The summed E-state index contributed by atoms with van der Waals surface area (Å²) in [5.74, 6) is -0.00307. The number of amides is 1. The molecule has 570 valence electrons. The van der Waals surface area contributed by atoms with Gasteiger partial charge >= 0.3 is 5.97 Å². The Hall–Kier alpha value is -1.66. The Bertz CT molecular complexity index is 1510. The second-order valence-electron chi connectivity index (χ2n) is 30.9. The normalized spacial score (nSPS) is 12.5. The van der Waals surface area contributed by atoms with Crippen molar-refractivity contribution in [1.82, 2.24) is 5.32 Å². The van der Waals surface area contributed by atoms with E-state index in [2.05, 4.69) is 43.5 Å². The van der Waals surface area contributed by atoms with E-state index in [4.69, 9.17) is 4.74 Å². The van der Waals surface area contributed by atoms with Crippen LogP contribution >= 0.6 is 0 Å². The number of allylic oxidation sites excluding steroid dienone is 4. The van der Waals surface area contributed by atoms with Crippen molar-refractivity contribution in [1.29, 1.82) is 0 Å². The highest BCUT2D eigenvalue weighted by Gasteiger charge is 2.20. The molecule has 0 aliphatic heterocycles. The SMILES string of the molecule is CCCCCCCCCCCCCCCCCCCCCCCCCCCC(O)C(CO)NC(=O)CCCCCCCCCCCCCCCCCCC/C=C\C/C=C\CCCCCCCCCCCCCOC(=O)CCCCCCCCCCCCCCCCCCCCC. The highest BCUT2D eigenvalue weighted by atomic mass is 16.5. The molecular formula is C90H175NO5.